The van der Waals surface area contributed by atoms with Crippen LogP contribution in [0.3, 0.4) is 0 Å². The summed E-state index contributed by atoms with van der Waals surface area (Å²) < 4.78 is 0. The maximum absolute atomic E-state index is 13.2. The maximum Gasteiger partial charge on any atom is 0.273 e. The van der Waals surface area contributed by atoms with Crippen LogP contribution in [0.25, 0.3) is 0 Å². The molecule has 1 aliphatic heterocycles. The minimum atomic E-state index is -0.105. The maximum atomic E-state index is 13.2. The summed E-state index contributed by atoms with van der Waals surface area (Å²) in [5, 5.41) is 6.45. The fraction of sp³-hybridized carbons (Fsp3) is 0.370. The minimum Gasteiger partial charge on any atom is -0.336 e. The van der Waals surface area contributed by atoms with Crippen molar-refractivity contribution in [3.05, 3.63) is 75.2 Å². The van der Waals surface area contributed by atoms with E-state index in [9.17, 15) is 9.59 Å². The van der Waals surface area contributed by atoms with E-state index in [1.54, 1.807) is 28.5 Å². The highest BCUT2D eigenvalue weighted by atomic mass is 35.5. The molecule has 2 heterocycles. The Hall–Kier alpha value is -2.69. The molecule has 0 bridgehead atoms. The van der Waals surface area contributed by atoms with Gasteiger partial charge in [-0.25, -0.2) is 4.98 Å². The van der Waals surface area contributed by atoms with Crippen LogP contribution in [0.15, 0.2) is 53.9 Å². The first kappa shape index (κ1) is 28.3. The molecule has 0 atom stereocenters. The van der Waals surface area contributed by atoms with Gasteiger partial charge >= 0.3 is 0 Å². The zero-order valence-electron chi connectivity index (χ0n) is 21.6. The Labute approximate surface area is 237 Å². The van der Waals surface area contributed by atoms with Gasteiger partial charge in [0.2, 0.25) is 5.91 Å². The molecule has 1 aliphatic rings. The van der Waals surface area contributed by atoms with Gasteiger partial charge in [0, 0.05) is 56.9 Å². The third-order valence-electron chi connectivity index (χ3n) is 6.30. The highest BCUT2D eigenvalue weighted by molar-refractivity contribution is 7.14. The number of amides is 2. The highest BCUT2D eigenvalue weighted by Gasteiger charge is 2.26. The average molecular weight is 576 g/mol. The second kappa shape index (κ2) is 13.4. The summed E-state index contributed by atoms with van der Waals surface area (Å²) in [6, 6.07) is 15.3. The molecule has 0 saturated carbocycles. The van der Waals surface area contributed by atoms with Gasteiger partial charge in [-0.3, -0.25) is 14.5 Å². The van der Waals surface area contributed by atoms with Crippen molar-refractivity contribution < 1.29 is 9.59 Å². The van der Waals surface area contributed by atoms with E-state index in [0.29, 0.717) is 66.7 Å². The summed E-state index contributed by atoms with van der Waals surface area (Å²) in [5.41, 5.74) is 2.27. The van der Waals surface area contributed by atoms with Crippen molar-refractivity contribution in [3.8, 4) is 0 Å². The number of nitrogens with zero attached hydrogens (tertiary/aromatic N) is 5. The molecule has 11 heteroatoms. The van der Waals surface area contributed by atoms with E-state index in [2.05, 4.69) is 20.1 Å². The van der Waals surface area contributed by atoms with Crippen LogP contribution in [-0.4, -0.2) is 96.3 Å². The van der Waals surface area contributed by atoms with Gasteiger partial charge in [0.15, 0.2) is 5.13 Å². The van der Waals surface area contributed by atoms with Crippen molar-refractivity contribution in [2.75, 3.05) is 65.2 Å². The molecule has 1 N–H and O–H groups in total. The van der Waals surface area contributed by atoms with Crippen molar-refractivity contribution in [2.24, 2.45) is 0 Å². The molecule has 1 aromatic heterocycles. The third kappa shape index (κ3) is 7.91. The minimum absolute atomic E-state index is 0.105. The lowest BCUT2D eigenvalue weighted by Gasteiger charge is -2.35. The van der Waals surface area contributed by atoms with Crippen LogP contribution in [0.5, 0.6) is 0 Å². The van der Waals surface area contributed by atoms with Crippen molar-refractivity contribution in [1.29, 1.82) is 0 Å². The first-order valence-electron chi connectivity index (χ1n) is 12.4. The number of hydrogen-bond donors (Lipinski definition) is 1. The molecule has 0 unspecified atom stereocenters. The lowest BCUT2D eigenvalue weighted by atomic mass is 10.2. The molecule has 4 rings (SSSR count). The van der Waals surface area contributed by atoms with E-state index in [4.69, 9.17) is 23.2 Å². The first-order valence-corrected chi connectivity index (χ1v) is 14.1. The molecule has 1 fully saturated rings. The number of halogens is 2. The zero-order valence-corrected chi connectivity index (χ0v) is 23.9. The Bertz CT molecular complexity index is 1230. The number of rotatable bonds is 10. The summed E-state index contributed by atoms with van der Waals surface area (Å²) in [6.07, 6.45) is 0. The van der Waals surface area contributed by atoms with Crippen LogP contribution in [-0.2, 0) is 11.3 Å². The normalized spacial score (nSPS) is 14.1. The van der Waals surface area contributed by atoms with E-state index in [0.717, 1.165) is 17.8 Å². The van der Waals surface area contributed by atoms with Crippen molar-refractivity contribution in [1.82, 2.24) is 24.6 Å². The number of carbonyl (C=O) groups excluding carboxylic acids is 2. The Morgan fingerprint density at radius 3 is 2.42 bits per heavy atom. The molecular weight excluding hydrogens is 543 g/mol. The molecule has 38 heavy (non-hydrogen) atoms. The molecule has 2 amide bonds. The lowest BCUT2D eigenvalue weighted by Crippen LogP contribution is -2.52. The number of likely N-dealkylation sites (N-methyl/N-ethyl adjacent to an activating group) is 1. The lowest BCUT2D eigenvalue weighted by molar-refractivity contribution is -0.133. The Balaban J connectivity index is 1.29. The van der Waals surface area contributed by atoms with Gasteiger partial charge < -0.3 is 20.0 Å². The van der Waals surface area contributed by atoms with E-state index in [1.165, 1.54) is 11.3 Å². The van der Waals surface area contributed by atoms with Gasteiger partial charge in [-0.15, -0.1) is 11.3 Å². The molecule has 0 radical (unpaired) electrons. The molecule has 202 valence electrons. The van der Waals surface area contributed by atoms with Crippen LogP contribution < -0.4 is 5.32 Å². The third-order valence-corrected chi connectivity index (χ3v) is 7.80. The monoisotopic (exact) mass is 574 g/mol. The number of piperazine rings is 1. The van der Waals surface area contributed by atoms with Crippen LogP contribution in [0.4, 0.5) is 10.8 Å². The Kier molecular flexibility index (Phi) is 9.98. The standard InChI is InChI=1S/C27H32Cl2N6O2S/c1-32(2)10-13-35(17-20-6-4-3-5-7-20)25(36)18-33-11-14-34(15-12-33)26(37)24-19-38-27(31-24)30-21-8-9-22(28)23(29)16-21/h3-9,16,19H,10-15,17-18H2,1-2H3,(H,30,31). The number of thiazole rings is 1. The topological polar surface area (TPSA) is 72.0 Å². The van der Waals surface area contributed by atoms with E-state index in [1.807, 2.05) is 49.3 Å². The number of benzene rings is 2. The average Bonchev–Trinajstić information content (AvgIpc) is 3.37. The first-order chi connectivity index (χ1) is 18.3. The molecule has 3 aromatic rings. The van der Waals surface area contributed by atoms with Gasteiger partial charge in [0.1, 0.15) is 5.69 Å². The van der Waals surface area contributed by atoms with Crippen LogP contribution >= 0.6 is 34.5 Å². The number of carbonyl (C=O) groups is 2. The van der Waals surface area contributed by atoms with Crippen LogP contribution in [0, 0.1) is 0 Å². The fourth-order valence-electron chi connectivity index (χ4n) is 4.11. The van der Waals surface area contributed by atoms with Crippen LogP contribution in [0.1, 0.15) is 16.1 Å². The van der Waals surface area contributed by atoms with Gasteiger partial charge in [-0.1, -0.05) is 53.5 Å². The summed E-state index contributed by atoms with van der Waals surface area (Å²) in [4.78, 5) is 38.7. The predicted molar refractivity (Wildman–Crippen MR) is 155 cm³/mol. The predicted octanol–water partition coefficient (Wildman–Crippen LogP) is 4.54. The molecule has 1 saturated heterocycles. The number of hydrogen-bond acceptors (Lipinski definition) is 7. The smallest absolute Gasteiger partial charge is 0.273 e. The molecule has 0 aliphatic carbocycles. The van der Waals surface area contributed by atoms with E-state index < -0.39 is 0 Å². The number of anilines is 2. The van der Waals surface area contributed by atoms with E-state index >= 15 is 0 Å². The summed E-state index contributed by atoms with van der Waals surface area (Å²) in [7, 11) is 4.02. The van der Waals surface area contributed by atoms with Gasteiger partial charge in [0.25, 0.3) is 5.91 Å². The van der Waals surface area contributed by atoms with Crippen LogP contribution in [0.2, 0.25) is 10.0 Å². The SMILES string of the molecule is CN(C)CCN(Cc1ccccc1)C(=O)CN1CCN(C(=O)c2csc(Nc3ccc(Cl)c(Cl)c3)n2)CC1. The molecular formula is C27H32Cl2N6O2S. The van der Waals surface area contributed by atoms with Crippen molar-refractivity contribution in [2.45, 2.75) is 6.54 Å². The summed E-state index contributed by atoms with van der Waals surface area (Å²) >= 11 is 13.4. The van der Waals surface area contributed by atoms with Gasteiger partial charge in [-0.2, -0.15) is 0 Å². The molecule has 0 spiro atoms. The molecule has 2 aromatic carbocycles. The number of nitrogens with one attached hydrogen (secondary N) is 1. The zero-order chi connectivity index (χ0) is 27.1. The highest BCUT2D eigenvalue weighted by Crippen LogP contribution is 2.28. The van der Waals surface area contributed by atoms with Gasteiger partial charge in [0.05, 0.1) is 16.6 Å². The Morgan fingerprint density at radius 1 is 1.00 bits per heavy atom. The molecule has 8 nitrogen and oxygen atoms in total. The van der Waals surface area contributed by atoms with Gasteiger partial charge in [-0.05, 0) is 37.9 Å². The van der Waals surface area contributed by atoms with Crippen molar-refractivity contribution in [3.63, 3.8) is 0 Å². The second-order valence-electron chi connectivity index (χ2n) is 9.46. The second-order valence-corrected chi connectivity index (χ2v) is 11.1. The summed E-state index contributed by atoms with van der Waals surface area (Å²) in [5.74, 6) is -0.000831. The largest absolute Gasteiger partial charge is 0.336 e. The van der Waals surface area contributed by atoms with E-state index in [-0.39, 0.29) is 11.8 Å². The Morgan fingerprint density at radius 2 is 1.74 bits per heavy atom. The number of aromatic nitrogens is 1. The van der Waals surface area contributed by atoms with Crippen molar-refractivity contribution >= 4 is 57.2 Å². The fourth-order valence-corrected chi connectivity index (χ4v) is 5.11. The summed E-state index contributed by atoms with van der Waals surface area (Å²) in [6.45, 7) is 4.79. The quantitative estimate of drug-likeness (QED) is 0.383.